The van der Waals surface area contributed by atoms with Crippen LogP contribution in [0.15, 0.2) is 54.6 Å². The summed E-state index contributed by atoms with van der Waals surface area (Å²) in [6.07, 6.45) is 0. The first kappa shape index (κ1) is 14.1. The van der Waals surface area contributed by atoms with Gasteiger partial charge in [-0.2, -0.15) is 0 Å². The van der Waals surface area contributed by atoms with Crippen molar-refractivity contribution in [3.8, 4) is 5.75 Å². The Bertz CT molecular complexity index is 598. The van der Waals surface area contributed by atoms with Gasteiger partial charge in [0.1, 0.15) is 11.3 Å². The topological polar surface area (TPSA) is 69.6 Å². The Morgan fingerprint density at radius 3 is 2.45 bits per heavy atom. The van der Waals surface area contributed by atoms with E-state index in [0.717, 1.165) is 5.56 Å². The minimum atomic E-state index is -1.26. The number of nitrogens with one attached hydrogen (secondary N) is 1. The van der Waals surface area contributed by atoms with Gasteiger partial charge in [0.2, 0.25) is 0 Å². The first-order valence-electron chi connectivity index (χ1n) is 6.34. The van der Waals surface area contributed by atoms with Gasteiger partial charge >= 0.3 is 5.97 Å². The van der Waals surface area contributed by atoms with Crippen LogP contribution in [0.5, 0.6) is 5.75 Å². The molecule has 4 heteroatoms. The van der Waals surface area contributed by atoms with Crippen LogP contribution in [0, 0.1) is 0 Å². The van der Waals surface area contributed by atoms with Crippen LogP contribution in [0.4, 0.5) is 0 Å². The summed E-state index contributed by atoms with van der Waals surface area (Å²) < 4.78 is 0. The third-order valence-electron chi connectivity index (χ3n) is 3.34. The molecular formula is C16H17NO3. The van der Waals surface area contributed by atoms with E-state index in [0.29, 0.717) is 12.1 Å². The van der Waals surface area contributed by atoms with E-state index in [2.05, 4.69) is 5.32 Å². The summed E-state index contributed by atoms with van der Waals surface area (Å²) in [5, 5.41) is 22.1. The fourth-order valence-corrected chi connectivity index (χ4v) is 1.99. The minimum Gasteiger partial charge on any atom is -0.508 e. The van der Waals surface area contributed by atoms with Crippen molar-refractivity contribution in [1.29, 1.82) is 0 Å². The fraction of sp³-hybridized carbons (Fsp3) is 0.188. The molecule has 2 aromatic rings. The second-order valence-corrected chi connectivity index (χ2v) is 4.82. The molecule has 0 radical (unpaired) electrons. The molecule has 20 heavy (non-hydrogen) atoms. The van der Waals surface area contributed by atoms with Gasteiger partial charge in [0, 0.05) is 6.54 Å². The molecule has 2 aromatic carbocycles. The van der Waals surface area contributed by atoms with Crippen LogP contribution in [0.25, 0.3) is 0 Å². The van der Waals surface area contributed by atoms with Crippen LogP contribution in [-0.2, 0) is 16.9 Å². The van der Waals surface area contributed by atoms with Crippen molar-refractivity contribution in [3.63, 3.8) is 0 Å². The average Bonchev–Trinajstić information content (AvgIpc) is 2.45. The second-order valence-electron chi connectivity index (χ2n) is 4.82. The van der Waals surface area contributed by atoms with Crippen LogP contribution in [0.2, 0.25) is 0 Å². The molecule has 0 spiro atoms. The SMILES string of the molecule is CC(NCc1ccccc1)(C(=O)O)c1cccc(O)c1. The van der Waals surface area contributed by atoms with E-state index in [9.17, 15) is 15.0 Å². The molecule has 0 heterocycles. The minimum absolute atomic E-state index is 0.0523. The van der Waals surface area contributed by atoms with E-state index in [1.54, 1.807) is 19.1 Å². The number of phenols is 1. The van der Waals surface area contributed by atoms with Crippen molar-refractivity contribution in [3.05, 3.63) is 65.7 Å². The second kappa shape index (κ2) is 5.75. The molecule has 2 rings (SSSR count). The molecule has 1 atom stereocenters. The molecule has 0 bridgehead atoms. The molecule has 0 aromatic heterocycles. The highest BCUT2D eigenvalue weighted by atomic mass is 16.4. The van der Waals surface area contributed by atoms with Gasteiger partial charge in [-0.3, -0.25) is 5.32 Å². The maximum Gasteiger partial charge on any atom is 0.328 e. The molecule has 0 saturated carbocycles. The van der Waals surface area contributed by atoms with Gasteiger partial charge in [-0.05, 0) is 30.2 Å². The van der Waals surface area contributed by atoms with E-state index in [1.807, 2.05) is 30.3 Å². The van der Waals surface area contributed by atoms with Gasteiger partial charge in [0.05, 0.1) is 0 Å². The molecule has 0 fully saturated rings. The smallest absolute Gasteiger partial charge is 0.328 e. The number of rotatable bonds is 5. The van der Waals surface area contributed by atoms with Gasteiger partial charge in [-0.1, -0.05) is 42.5 Å². The van der Waals surface area contributed by atoms with E-state index >= 15 is 0 Å². The zero-order valence-corrected chi connectivity index (χ0v) is 11.2. The summed E-state index contributed by atoms with van der Waals surface area (Å²) in [4.78, 5) is 11.6. The van der Waals surface area contributed by atoms with E-state index in [-0.39, 0.29) is 5.75 Å². The standard InChI is InChI=1S/C16H17NO3/c1-16(15(19)20,13-8-5-9-14(18)10-13)17-11-12-6-3-2-4-7-12/h2-10,17-18H,11H2,1H3,(H,19,20). The van der Waals surface area contributed by atoms with E-state index < -0.39 is 11.5 Å². The van der Waals surface area contributed by atoms with Crippen molar-refractivity contribution in [2.45, 2.75) is 19.0 Å². The molecule has 0 saturated heterocycles. The molecule has 104 valence electrons. The molecule has 1 unspecified atom stereocenters. The summed E-state index contributed by atoms with van der Waals surface area (Å²) in [5.41, 5.74) is 0.259. The number of aromatic hydroxyl groups is 1. The number of phenolic OH excluding ortho intramolecular Hbond substituents is 1. The highest BCUT2D eigenvalue weighted by molar-refractivity contribution is 5.80. The Kier molecular flexibility index (Phi) is 4.05. The predicted molar refractivity (Wildman–Crippen MR) is 76.4 cm³/mol. The maximum atomic E-state index is 11.6. The van der Waals surface area contributed by atoms with Crippen molar-refractivity contribution < 1.29 is 15.0 Å². The predicted octanol–water partition coefficient (Wildman–Crippen LogP) is 2.48. The van der Waals surface area contributed by atoms with Crippen molar-refractivity contribution in [1.82, 2.24) is 5.32 Å². The Balaban J connectivity index is 2.24. The number of carboxylic acid groups (broad SMARTS) is 1. The molecule has 0 aliphatic rings. The molecule has 0 amide bonds. The summed E-state index contributed by atoms with van der Waals surface area (Å²) >= 11 is 0. The van der Waals surface area contributed by atoms with Crippen molar-refractivity contribution in [2.24, 2.45) is 0 Å². The summed E-state index contributed by atoms with van der Waals surface area (Å²) in [7, 11) is 0. The van der Waals surface area contributed by atoms with Gasteiger partial charge in [-0.25, -0.2) is 4.79 Å². The fourth-order valence-electron chi connectivity index (χ4n) is 1.99. The molecule has 0 aliphatic carbocycles. The van der Waals surface area contributed by atoms with Gasteiger partial charge < -0.3 is 10.2 Å². The molecular weight excluding hydrogens is 254 g/mol. The lowest BCUT2D eigenvalue weighted by molar-refractivity contribution is -0.144. The summed E-state index contributed by atoms with van der Waals surface area (Å²) in [6.45, 7) is 2.02. The highest BCUT2D eigenvalue weighted by Gasteiger charge is 2.34. The van der Waals surface area contributed by atoms with E-state index in [1.165, 1.54) is 12.1 Å². The molecule has 0 aliphatic heterocycles. The zero-order chi connectivity index (χ0) is 14.6. The number of benzene rings is 2. The lowest BCUT2D eigenvalue weighted by atomic mass is 9.91. The maximum absolute atomic E-state index is 11.6. The van der Waals surface area contributed by atoms with Gasteiger partial charge in [0.15, 0.2) is 0 Å². The molecule has 4 nitrogen and oxygen atoms in total. The first-order chi connectivity index (χ1) is 9.52. The Morgan fingerprint density at radius 2 is 1.85 bits per heavy atom. The highest BCUT2D eigenvalue weighted by Crippen LogP contribution is 2.25. The quantitative estimate of drug-likeness (QED) is 0.781. The first-order valence-corrected chi connectivity index (χ1v) is 6.34. The van der Waals surface area contributed by atoms with Crippen molar-refractivity contribution in [2.75, 3.05) is 0 Å². The van der Waals surface area contributed by atoms with Crippen molar-refractivity contribution >= 4 is 5.97 Å². The zero-order valence-electron chi connectivity index (χ0n) is 11.2. The number of hydrogen-bond donors (Lipinski definition) is 3. The third kappa shape index (κ3) is 2.97. The van der Waals surface area contributed by atoms with Gasteiger partial charge in [0.25, 0.3) is 0 Å². The number of aliphatic carboxylic acids is 1. The lowest BCUT2D eigenvalue weighted by Gasteiger charge is -2.27. The largest absolute Gasteiger partial charge is 0.508 e. The Morgan fingerprint density at radius 1 is 1.15 bits per heavy atom. The number of carbonyl (C=O) groups is 1. The molecule has 3 N–H and O–H groups in total. The van der Waals surface area contributed by atoms with Crippen LogP contribution in [0.3, 0.4) is 0 Å². The number of hydrogen-bond acceptors (Lipinski definition) is 3. The summed E-state index contributed by atoms with van der Waals surface area (Å²) in [5.74, 6) is -0.935. The van der Waals surface area contributed by atoms with Crippen LogP contribution >= 0.6 is 0 Å². The monoisotopic (exact) mass is 271 g/mol. The normalized spacial score (nSPS) is 13.7. The number of carboxylic acids is 1. The average molecular weight is 271 g/mol. The van der Waals surface area contributed by atoms with E-state index in [4.69, 9.17) is 0 Å². The Hall–Kier alpha value is -2.33. The lowest BCUT2D eigenvalue weighted by Crippen LogP contribution is -2.46. The van der Waals surface area contributed by atoms with Crippen LogP contribution < -0.4 is 5.32 Å². The third-order valence-corrected chi connectivity index (χ3v) is 3.34. The van der Waals surface area contributed by atoms with Gasteiger partial charge in [-0.15, -0.1) is 0 Å². The summed E-state index contributed by atoms with van der Waals surface area (Å²) in [6, 6.07) is 15.9. The Labute approximate surface area is 117 Å². The van der Waals surface area contributed by atoms with Crippen LogP contribution in [0.1, 0.15) is 18.1 Å². The van der Waals surface area contributed by atoms with Crippen LogP contribution in [-0.4, -0.2) is 16.2 Å².